The number of carboxylic acids is 1. The number of carbonyl (C=O) groups is 1. The van der Waals surface area contributed by atoms with Crippen LogP contribution in [-0.2, 0) is 4.79 Å². The Bertz CT molecular complexity index is 1190. The van der Waals surface area contributed by atoms with Crippen molar-refractivity contribution in [2.75, 3.05) is 19.0 Å². The number of pyridine rings is 1. The minimum Gasteiger partial charge on any atom is -0.496 e. The monoisotopic (exact) mass is 537 g/mol. The summed E-state index contributed by atoms with van der Waals surface area (Å²) in [7, 11) is 1.77. The largest absolute Gasteiger partial charge is 0.496 e. The van der Waals surface area contributed by atoms with E-state index in [0.717, 1.165) is 41.4 Å². The van der Waals surface area contributed by atoms with Crippen molar-refractivity contribution in [2.24, 2.45) is 0 Å². The number of hydrogen-bond acceptors (Lipinski definition) is 5. The number of nitrogens with one attached hydrogen (secondary N) is 1. The SMILES string of the molecule is CCCCNc1c(-c2ccc(OC)c(SC3CCCCC3)c2)nc2ccc(C)cn12.O=C(O)C(F)(F)F. The van der Waals surface area contributed by atoms with Crippen LogP contribution in [0.5, 0.6) is 5.75 Å². The second-order valence-corrected chi connectivity index (χ2v) is 10.4. The number of aliphatic carboxylic acids is 1. The molecule has 2 N–H and O–H groups in total. The highest BCUT2D eigenvalue weighted by atomic mass is 32.2. The first kappa shape index (κ1) is 28.7. The molecule has 2 aromatic heterocycles. The second kappa shape index (κ2) is 13.1. The van der Waals surface area contributed by atoms with E-state index in [1.165, 1.54) is 49.0 Å². The van der Waals surface area contributed by atoms with Crippen LogP contribution in [-0.4, -0.2) is 45.5 Å². The third-order valence-electron chi connectivity index (χ3n) is 6.11. The molecule has 0 bridgehead atoms. The summed E-state index contributed by atoms with van der Waals surface area (Å²) in [6.45, 7) is 5.30. The van der Waals surface area contributed by atoms with Crippen molar-refractivity contribution in [3.05, 3.63) is 42.1 Å². The van der Waals surface area contributed by atoms with E-state index in [4.69, 9.17) is 19.6 Å². The molecule has 1 aliphatic rings. The van der Waals surface area contributed by atoms with Gasteiger partial charge in [-0.2, -0.15) is 13.2 Å². The van der Waals surface area contributed by atoms with E-state index in [2.05, 4.69) is 60.1 Å². The van der Waals surface area contributed by atoms with Crippen LogP contribution in [0.15, 0.2) is 41.4 Å². The normalized spacial score (nSPS) is 14.2. The predicted molar refractivity (Wildman–Crippen MR) is 142 cm³/mol. The van der Waals surface area contributed by atoms with Gasteiger partial charge in [0.05, 0.1) is 12.0 Å². The summed E-state index contributed by atoms with van der Waals surface area (Å²) < 4.78 is 39.6. The molecule has 37 heavy (non-hydrogen) atoms. The molecule has 202 valence electrons. The highest BCUT2D eigenvalue weighted by molar-refractivity contribution is 8.00. The lowest BCUT2D eigenvalue weighted by molar-refractivity contribution is -0.192. The lowest BCUT2D eigenvalue weighted by Crippen LogP contribution is -2.21. The van der Waals surface area contributed by atoms with Crippen LogP contribution in [0.1, 0.15) is 57.4 Å². The van der Waals surface area contributed by atoms with E-state index >= 15 is 0 Å². The lowest BCUT2D eigenvalue weighted by Gasteiger charge is -2.22. The maximum atomic E-state index is 10.6. The van der Waals surface area contributed by atoms with Gasteiger partial charge in [-0.25, -0.2) is 9.78 Å². The van der Waals surface area contributed by atoms with Crippen molar-refractivity contribution in [2.45, 2.75) is 75.1 Å². The molecule has 1 aliphatic carbocycles. The van der Waals surface area contributed by atoms with Crippen LogP contribution in [0.3, 0.4) is 0 Å². The number of alkyl halides is 3. The quantitative estimate of drug-likeness (QED) is 0.288. The lowest BCUT2D eigenvalue weighted by atomic mass is 10.0. The first-order chi connectivity index (χ1) is 17.6. The van der Waals surface area contributed by atoms with Crippen molar-refractivity contribution in [3.8, 4) is 17.0 Å². The van der Waals surface area contributed by atoms with Crippen LogP contribution in [0.25, 0.3) is 16.9 Å². The fourth-order valence-corrected chi connectivity index (χ4v) is 5.57. The Morgan fingerprint density at radius 1 is 1.22 bits per heavy atom. The molecule has 3 aromatic rings. The van der Waals surface area contributed by atoms with Crippen LogP contribution >= 0.6 is 11.8 Å². The molecule has 0 unspecified atom stereocenters. The van der Waals surface area contributed by atoms with Crippen LogP contribution in [0.4, 0.5) is 19.0 Å². The number of aryl methyl sites for hydroxylation is 1. The number of thioether (sulfide) groups is 1. The molecule has 0 spiro atoms. The maximum Gasteiger partial charge on any atom is 0.490 e. The maximum absolute atomic E-state index is 10.6. The van der Waals surface area contributed by atoms with Crippen LogP contribution in [0, 0.1) is 6.92 Å². The van der Waals surface area contributed by atoms with Gasteiger partial charge in [-0.3, -0.25) is 4.40 Å². The van der Waals surface area contributed by atoms with Crippen molar-refractivity contribution in [1.29, 1.82) is 0 Å². The van der Waals surface area contributed by atoms with Gasteiger partial charge in [0.15, 0.2) is 0 Å². The number of carboxylic acid groups (broad SMARTS) is 1. The molecule has 0 saturated heterocycles. The smallest absolute Gasteiger partial charge is 0.490 e. The molecule has 4 rings (SSSR count). The van der Waals surface area contributed by atoms with Gasteiger partial charge in [-0.15, -0.1) is 11.8 Å². The molecule has 0 atom stereocenters. The number of anilines is 1. The number of ether oxygens (including phenoxy) is 1. The number of fused-ring (bicyclic) bond motifs is 1. The summed E-state index contributed by atoms with van der Waals surface area (Å²) in [6, 6.07) is 10.7. The van der Waals surface area contributed by atoms with E-state index in [0.29, 0.717) is 5.25 Å². The van der Waals surface area contributed by atoms with E-state index < -0.39 is 12.1 Å². The summed E-state index contributed by atoms with van der Waals surface area (Å²) in [6.07, 6.45) is 6.06. The molecule has 0 amide bonds. The fraction of sp³-hybridized carbons (Fsp3) is 0.481. The Balaban J connectivity index is 0.000000479. The number of imidazole rings is 1. The Morgan fingerprint density at radius 2 is 1.92 bits per heavy atom. The van der Waals surface area contributed by atoms with E-state index in [9.17, 15) is 13.2 Å². The van der Waals surface area contributed by atoms with E-state index in [1.807, 2.05) is 11.8 Å². The van der Waals surface area contributed by atoms with E-state index in [-0.39, 0.29) is 0 Å². The van der Waals surface area contributed by atoms with Crippen molar-refractivity contribution < 1.29 is 27.8 Å². The Kier molecular flexibility index (Phi) is 10.1. The number of aromatic nitrogens is 2. The van der Waals surface area contributed by atoms with Crippen molar-refractivity contribution in [3.63, 3.8) is 0 Å². The Labute approximate surface area is 219 Å². The van der Waals surface area contributed by atoms with Gasteiger partial charge in [-0.1, -0.05) is 38.7 Å². The second-order valence-electron chi connectivity index (χ2n) is 9.07. The van der Waals surface area contributed by atoms with Gasteiger partial charge >= 0.3 is 12.1 Å². The summed E-state index contributed by atoms with van der Waals surface area (Å²) in [5, 5.41) is 11.5. The molecular formula is C27H34F3N3O3S. The standard InChI is InChI=1S/C25H33N3OS.C2HF3O2/c1-4-5-15-26-25-24(27-23-14-11-18(2)17-28(23)25)19-12-13-21(29-3)22(16-19)30-20-9-7-6-8-10-20;3-2(4,5)1(6)7/h11-14,16-17,20,26H,4-10,15H2,1-3H3;(H,6,7). The highest BCUT2D eigenvalue weighted by Crippen LogP contribution is 2.41. The minimum atomic E-state index is -5.08. The average molecular weight is 538 g/mol. The molecule has 1 saturated carbocycles. The van der Waals surface area contributed by atoms with Crippen molar-refractivity contribution >= 4 is 29.2 Å². The number of nitrogens with zero attached hydrogens (tertiary/aromatic N) is 2. The number of hydrogen-bond donors (Lipinski definition) is 2. The number of benzene rings is 1. The first-order valence-electron chi connectivity index (χ1n) is 12.5. The third kappa shape index (κ3) is 7.80. The van der Waals surface area contributed by atoms with E-state index in [1.54, 1.807) is 7.11 Å². The summed E-state index contributed by atoms with van der Waals surface area (Å²) >= 11 is 1.98. The molecular weight excluding hydrogens is 503 g/mol. The van der Waals surface area contributed by atoms with Gasteiger partial charge in [0, 0.05) is 23.6 Å². The molecule has 0 radical (unpaired) electrons. The molecule has 0 aliphatic heterocycles. The van der Waals surface area contributed by atoms with Gasteiger partial charge in [0.2, 0.25) is 0 Å². The number of unbranched alkanes of at least 4 members (excludes halogenated alkanes) is 1. The summed E-state index contributed by atoms with van der Waals surface area (Å²) in [5.74, 6) is -0.706. The van der Waals surface area contributed by atoms with Gasteiger partial charge in [0.1, 0.15) is 22.9 Å². The zero-order valence-electron chi connectivity index (χ0n) is 21.4. The Hall–Kier alpha value is -2.88. The predicted octanol–water partition coefficient (Wildman–Crippen LogP) is 7.59. The van der Waals surface area contributed by atoms with Crippen LogP contribution in [0.2, 0.25) is 0 Å². The third-order valence-corrected chi connectivity index (χ3v) is 7.49. The Morgan fingerprint density at radius 3 is 2.54 bits per heavy atom. The molecule has 1 fully saturated rings. The topological polar surface area (TPSA) is 75.9 Å². The van der Waals surface area contributed by atoms with Gasteiger partial charge in [-0.05, 0) is 56.0 Å². The fourth-order valence-electron chi connectivity index (χ4n) is 4.18. The van der Waals surface area contributed by atoms with Crippen LogP contribution < -0.4 is 10.1 Å². The average Bonchev–Trinajstić information content (AvgIpc) is 3.22. The molecule has 2 heterocycles. The first-order valence-corrected chi connectivity index (χ1v) is 13.4. The van der Waals surface area contributed by atoms with Gasteiger partial charge in [0.25, 0.3) is 0 Å². The molecule has 1 aromatic carbocycles. The van der Waals surface area contributed by atoms with Gasteiger partial charge < -0.3 is 15.2 Å². The summed E-state index contributed by atoms with van der Waals surface area (Å²) in [4.78, 5) is 15.1. The molecule has 10 heteroatoms. The zero-order chi connectivity index (χ0) is 27.0. The zero-order valence-corrected chi connectivity index (χ0v) is 22.2. The van der Waals surface area contributed by atoms with Crippen molar-refractivity contribution in [1.82, 2.24) is 9.38 Å². The minimum absolute atomic E-state index is 0.689. The molecule has 6 nitrogen and oxygen atoms in total. The number of rotatable bonds is 8. The highest BCUT2D eigenvalue weighted by Gasteiger charge is 2.38. The number of methoxy groups -OCH3 is 1. The summed E-state index contributed by atoms with van der Waals surface area (Å²) in [5.41, 5.74) is 4.37. The number of halogens is 3.